The lowest BCUT2D eigenvalue weighted by Crippen LogP contribution is -2.37. The van der Waals surface area contributed by atoms with Crippen LogP contribution < -0.4 is 5.32 Å². The lowest BCUT2D eigenvalue weighted by molar-refractivity contribution is 0.0467. The largest absolute Gasteiger partial charge is 0.444 e. The molecular formula is C23H40N2O4. The average Bonchev–Trinajstić information content (AvgIpc) is 2.94. The van der Waals surface area contributed by atoms with Gasteiger partial charge in [-0.1, -0.05) is 27.7 Å². The number of nitrogens with one attached hydrogen (secondary N) is 1. The zero-order valence-electron chi connectivity index (χ0n) is 19.9. The van der Waals surface area contributed by atoms with Crippen molar-refractivity contribution in [2.45, 2.75) is 105 Å². The number of hydrogen-bond acceptors (Lipinski definition) is 4. The molecule has 0 aliphatic heterocycles. The molecule has 29 heavy (non-hydrogen) atoms. The maximum atomic E-state index is 13.1. The molecule has 1 amide bonds. The zero-order valence-corrected chi connectivity index (χ0v) is 19.9. The fourth-order valence-electron chi connectivity index (χ4n) is 3.03. The molecule has 0 aliphatic carbocycles. The first-order valence-corrected chi connectivity index (χ1v) is 10.6. The summed E-state index contributed by atoms with van der Waals surface area (Å²) in [4.78, 5) is 25.6. The molecule has 1 aromatic rings. The number of nitrogens with zero attached hydrogens (tertiary/aromatic N) is 1. The van der Waals surface area contributed by atoms with Gasteiger partial charge in [0.1, 0.15) is 11.2 Å². The van der Waals surface area contributed by atoms with Crippen LogP contribution in [0.1, 0.15) is 105 Å². The van der Waals surface area contributed by atoms with Crippen molar-refractivity contribution in [3.63, 3.8) is 0 Å². The molecule has 0 aliphatic rings. The number of amides is 1. The molecule has 1 aromatic heterocycles. The monoisotopic (exact) mass is 408 g/mol. The molecule has 0 aromatic carbocycles. The summed E-state index contributed by atoms with van der Waals surface area (Å²) < 4.78 is 12.8. The molecule has 0 fully saturated rings. The van der Waals surface area contributed by atoms with E-state index in [1.165, 1.54) is 0 Å². The number of rotatable bonds is 6. The highest BCUT2D eigenvalue weighted by molar-refractivity contribution is 5.74. The summed E-state index contributed by atoms with van der Waals surface area (Å²) in [7, 11) is 0. The van der Waals surface area contributed by atoms with Gasteiger partial charge in [0.25, 0.3) is 0 Å². The molecule has 6 nitrogen and oxygen atoms in total. The van der Waals surface area contributed by atoms with E-state index in [-0.39, 0.29) is 12.0 Å². The zero-order chi connectivity index (χ0) is 22.6. The molecule has 1 rings (SSSR count). The summed E-state index contributed by atoms with van der Waals surface area (Å²) in [5, 5.41) is 2.96. The van der Waals surface area contributed by atoms with E-state index in [1.807, 2.05) is 53.7 Å². The van der Waals surface area contributed by atoms with Crippen LogP contribution in [0, 0.1) is 5.92 Å². The Hall–Kier alpha value is -1.98. The number of aromatic nitrogens is 1. The van der Waals surface area contributed by atoms with Crippen molar-refractivity contribution in [3.05, 3.63) is 23.5 Å². The molecule has 0 saturated heterocycles. The highest BCUT2D eigenvalue weighted by Crippen LogP contribution is 2.29. The van der Waals surface area contributed by atoms with Gasteiger partial charge in [-0.15, -0.1) is 0 Å². The van der Waals surface area contributed by atoms with Gasteiger partial charge in [-0.25, -0.2) is 9.59 Å². The smallest absolute Gasteiger partial charge is 0.419 e. The van der Waals surface area contributed by atoms with Crippen LogP contribution in [0.4, 0.5) is 9.59 Å². The van der Waals surface area contributed by atoms with Crippen molar-refractivity contribution in [2.24, 2.45) is 5.92 Å². The molecule has 0 spiro atoms. The van der Waals surface area contributed by atoms with E-state index in [1.54, 1.807) is 4.57 Å². The first-order valence-electron chi connectivity index (χ1n) is 10.6. The van der Waals surface area contributed by atoms with Crippen LogP contribution in [-0.2, 0) is 9.47 Å². The maximum Gasteiger partial charge on any atom is 0.419 e. The SMILES string of the molecule is CC[C@H](C)c1ccc([C@H](CC(C)C)NC(=O)OC(C)(C)C)n1C(=O)OC(C)(C)C. The normalized spacial score (nSPS) is 14.4. The Morgan fingerprint density at radius 2 is 1.48 bits per heavy atom. The number of carbonyl (C=O) groups excluding carboxylic acids is 2. The van der Waals surface area contributed by atoms with Gasteiger partial charge >= 0.3 is 12.2 Å². The Bertz CT molecular complexity index is 693. The Kier molecular flexibility index (Phi) is 8.36. The third kappa shape index (κ3) is 8.11. The van der Waals surface area contributed by atoms with E-state index in [0.717, 1.165) is 12.1 Å². The van der Waals surface area contributed by atoms with Crippen molar-refractivity contribution >= 4 is 12.2 Å². The Balaban J connectivity index is 3.38. The molecule has 0 unspecified atom stereocenters. The van der Waals surface area contributed by atoms with Gasteiger partial charge in [0, 0.05) is 5.69 Å². The first-order chi connectivity index (χ1) is 13.1. The Morgan fingerprint density at radius 1 is 0.966 bits per heavy atom. The van der Waals surface area contributed by atoms with Gasteiger partial charge in [-0.3, -0.25) is 4.57 Å². The summed E-state index contributed by atoms with van der Waals surface area (Å²) in [5.41, 5.74) is 0.393. The minimum atomic E-state index is -0.614. The molecule has 166 valence electrons. The van der Waals surface area contributed by atoms with Crippen molar-refractivity contribution in [1.82, 2.24) is 9.88 Å². The minimum Gasteiger partial charge on any atom is -0.444 e. The van der Waals surface area contributed by atoms with E-state index in [0.29, 0.717) is 18.0 Å². The molecule has 1 heterocycles. The quantitative estimate of drug-likeness (QED) is 0.591. The number of ether oxygens (including phenoxy) is 2. The maximum absolute atomic E-state index is 13.1. The first kappa shape index (κ1) is 25.1. The third-order valence-corrected chi connectivity index (χ3v) is 4.39. The predicted octanol–water partition coefficient (Wildman–Crippen LogP) is 6.40. The van der Waals surface area contributed by atoms with Crippen LogP contribution in [-0.4, -0.2) is 28.0 Å². The van der Waals surface area contributed by atoms with Gasteiger partial charge in [0.05, 0.1) is 11.7 Å². The summed E-state index contributed by atoms with van der Waals surface area (Å²) in [6.45, 7) is 19.4. The van der Waals surface area contributed by atoms with Crippen LogP contribution in [0.15, 0.2) is 12.1 Å². The van der Waals surface area contributed by atoms with Gasteiger partial charge in [0.15, 0.2) is 0 Å². The second-order valence-corrected chi connectivity index (χ2v) is 10.1. The van der Waals surface area contributed by atoms with Gasteiger partial charge in [-0.05, 0) is 78.4 Å². The Morgan fingerprint density at radius 3 is 1.93 bits per heavy atom. The van der Waals surface area contributed by atoms with Crippen LogP contribution in [0.3, 0.4) is 0 Å². The number of carbonyl (C=O) groups is 2. The molecule has 0 saturated carbocycles. The Labute approximate surface area is 176 Å². The summed E-state index contributed by atoms with van der Waals surface area (Å²) in [5.74, 6) is 0.487. The van der Waals surface area contributed by atoms with E-state index in [4.69, 9.17) is 9.47 Å². The second-order valence-electron chi connectivity index (χ2n) is 10.1. The highest BCUT2D eigenvalue weighted by atomic mass is 16.6. The predicted molar refractivity (Wildman–Crippen MR) is 116 cm³/mol. The standard InChI is InChI=1S/C23H40N2O4/c1-11-16(4)18-12-13-19(25(18)21(27)29-23(8,9)10)17(14-15(2)3)24-20(26)28-22(5,6)7/h12-13,15-17H,11,14H2,1-10H3,(H,24,26)/t16-,17-/m0/s1. The lowest BCUT2D eigenvalue weighted by Gasteiger charge is -2.27. The molecule has 1 N–H and O–H groups in total. The fraction of sp³-hybridized carbons (Fsp3) is 0.739. The second kappa shape index (κ2) is 9.68. The summed E-state index contributed by atoms with van der Waals surface area (Å²) >= 11 is 0. The molecule has 6 heteroatoms. The molecular weight excluding hydrogens is 368 g/mol. The van der Waals surface area contributed by atoms with E-state index in [2.05, 4.69) is 33.0 Å². The van der Waals surface area contributed by atoms with E-state index >= 15 is 0 Å². The van der Waals surface area contributed by atoms with Gasteiger partial charge in [0.2, 0.25) is 0 Å². The van der Waals surface area contributed by atoms with Gasteiger partial charge in [-0.2, -0.15) is 0 Å². The average molecular weight is 409 g/mol. The van der Waals surface area contributed by atoms with E-state index < -0.39 is 23.4 Å². The van der Waals surface area contributed by atoms with Crippen LogP contribution >= 0.6 is 0 Å². The third-order valence-electron chi connectivity index (χ3n) is 4.39. The van der Waals surface area contributed by atoms with Crippen molar-refractivity contribution in [1.29, 1.82) is 0 Å². The van der Waals surface area contributed by atoms with Crippen molar-refractivity contribution in [3.8, 4) is 0 Å². The topological polar surface area (TPSA) is 69.6 Å². The highest BCUT2D eigenvalue weighted by Gasteiger charge is 2.29. The van der Waals surface area contributed by atoms with Crippen LogP contribution in [0.5, 0.6) is 0 Å². The number of alkyl carbamates (subject to hydrolysis) is 1. The van der Waals surface area contributed by atoms with Crippen molar-refractivity contribution in [2.75, 3.05) is 0 Å². The van der Waals surface area contributed by atoms with Crippen LogP contribution in [0.25, 0.3) is 0 Å². The van der Waals surface area contributed by atoms with Gasteiger partial charge < -0.3 is 14.8 Å². The fourth-order valence-corrected chi connectivity index (χ4v) is 3.03. The lowest BCUT2D eigenvalue weighted by atomic mass is 10.0. The van der Waals surface area contributed by atoms with Crippen LogP contribution in [0.2, 0.25) is 0 Å². The van der Waals surface area contributed by atoms with E-state index in [9.17, 15) is 9.59 Å². The van der Waals surface area contributed by atoms with Crippen molar-refractivity contribution < 1.29 is 19.1 Å². The number of hydrogen-bond donors (Lipinski definition) is 1. The molecule has 0 radical (unpaired) electrons. The minimum absolute atomic E-state index is 0.178. The molecule has 0 bridgehead atoms. The molecule has 2 atom stereocenters. The summed E-state index contributed by atoms with van der Waals surface area (Å²) in [6, 6.07) is 3.50. The summed E-state index contributed by atoms with van der Waals surface area (Å²) in [6.07, 6.45) is 0.643.